The van der Waals surface area contributed by atoms with Crippen LogP contribution in [0.25, 0.3) is 0 Å². The molecule has 0 unspecified atom stereocenters. The minimum Gasteiger partial charge on any atom is -0.319 e. The second-order valence-electron chi connectivity index (χ2n) is 7.33. The summed E-state index contributed by atoms with van der Waals surface area (Å²) in [5, 5.41) is 13.6. The van der Waals surface area contributed by atoms with E-state index in [0.717, 1.165) is 17.7 Å². The number of nitro groups is 1. The van der Waals surface area contributed by atoms with Gasteiger partial charge in [0.2, 0.25) is 17.7 Å². The summed E-state index contributed by atoms with van der Waals surface area (Å²) in [6.07, 6.45) is 5.79. The fourth-order valence-electron chi connectivity index (χ4n) is 4.57. The van der Waals surface area contributed by atoms with Crippen LogP contribution in [0.4, 0.5) is 11.4 Å². The van der Waals surface area contributed by atoms with Crippen LogP contribution < -0.4 is 5.32 Å². The van der Waals surface area contributed by atoms with Gasteiger partial charge in [-0.3, -0.25) is 29.4 Å². The smallest absolute Gasteiger partial charge is 0.292 e. The SMILES string of the molecule is C[C@H](C(=O)Nc1ccccc1[N+](=O)[O-])N1C(=O)[C@@H]2[C@H](C1=O)[C@H]1C=C[C@H]2CC1. The molecule has 4 aliphatic rings. The molecule has 5 rings (SSSR count). The van der Waals surface area contributed by atoms with Crippen LogP contribution in [0.5, 0.6) is 0 Å². The lowest BCUT2D eigenvalue weighted by atomic mass is 9.63. The molecule has 0 aromatic heterocycles. The van der Waals surface area contributed by atoms with E-state index in [1.165, 1.54) is 25.1 Å². The molecule has 1 aromatic carbocycles. The van der Waals surface area contributed by atoms with Crippen LogP contribution in [0.1, 0.15) is 19.8 Å². The Balaban J connectivity index is 1.56. The Hall–Kier alpha value is -3.03. The number of fused-ring (bicyclic) bond motifs is 1. The Labute approximate surface area is 155 Å². The number of rotatable bonds is 4. The number of allylic oxidation sites excluding steroid dienone is 2. The van der Waals surface area contributed by atoms with Gasteiger partial charge in [0.15, 0.2) is 0 Å². The normalized spacial score (nSPS) is 29.6. The number of carbonyl (C=O) groups is 3. The van der Waals surface area contributed by atoms with Crippen molar-refractivity contribution in [3.63, 3.8) is 0 Å². The molecule has 2 bridgehead atoms. The van der Waals surface area contributed by atoms with Gasteiger partial charge >= 0.3 is 0 Å². The van der Waals surface area contributed by atoms with Crippen molar-refractivity contribution in [3.05, 3.63) is 46.5 Å². The van der Waals surface area contributed by atoms with E-state index < -0.39 is 16.9 Å². The van der Waals surface area contributed by atoms with E-state index in [4.69, 9.17) is 0 Å². The first-order valence-corrected chi connectivity index (χ1v) is 8.99. The summed E-state index contributed by atoms with van der Waals surface area (Å²) >= 11 is 0. The average Bonchev–Trinajstić information content (AvgIpc) is 2.95. The lowest BCUT2D eigenvalue weighted by Gasteiger charge is -2.38. The van der Waals surface area contributed by atoms with Crippen LogP contribution >= 0.6 is 0 Å². The van der Waals surface area contributed by atoms with Crippen molar-refractivity contribution in [1.82, 2.24) is 4.90 Å². The molecular weight excluding hydrogens is 350 g/mol. The molecule has 1 aliphatic heterocycles. The van der Waals surface area contributed by atoms with Gasteiger partial charge in [0.05, 0.1) is 16.8 Å². The van der Waals surface area contributed by atoms with E-state index in [-0.39, 0.29) is 46.9 Å². The van der Waals surface area contributed by atoms with E-state index in [1.807, 2.05) is 12.2 Å². The van der Waals surface area contributed by atoms with Crippen molar-refractivity contribution in [2.45, 2.75) is 25.8 Å². The third-order valence-electron chi connectivity index (χ3n) is 5.92. The summed E-state index contributed by atoms with van der Waals surface area (Å²) < 4.78 is 0. The predicted molar refractivity (Wildman–Crippen MR) is 95.4 cm³/mol. The highest BCUT2D eigenvalue weighted by Crippen LogP contribution is 2.50. The number of nitrogens with zero attached hydrogens (tertiary/aromatic N) is 2. The molecule has 1 saturated carbocycles. The van der Waals surface area contributed by atoms with E-state index in [2.05, 4.69) is 5.32 Å². The number of nitro benzene ring substituents is 1. The van der Waals surface area contributed by atoms with Crippen LogP contribution in [0.2, 0.25) is 0 Å². The quantitative estimate of drug-likeness (QED) is 0.378. The standard InChI is InChI=1S/C19H19N3O5/c1-10(17(23)20-13-4-2-3-5-14(13)22(26)27)21-18(24)15-11-6-7-12(9-8-11)16(15)19(21)25/h2-7,10-12,15-16H,8-9H2,1H3,(H,20,23)/t10-,11+,12+,15-,16+/m1/s1. The van der Waals surface area contributed by atoms with Crippen LogP contribution in [-0.2, 0) is 14.4 Å². The molecular formula is C19H19N3O5. The molecule has 0 spiro atoms. The van der Waals surface area contributed by atoms with Crippen molar-refractivity contribution in [1.29, 1.82) is 0 Å². The van der Waals surface area contributed by atoms with Gasteiger partial charge in [0.25, 0.3) is 5.69 Å². The van der Waals surface area contributed by atoms with Crippen molar-refractivity contribution in [2.24, 2.45) is 23.7 Å². The molecule has 3 aliphatic carbocycles. The second-order valence-corrected chi connectivity index (χ2v) is 7.33. The number of para-hydroxylation sites is 2. The molecule has 1 aromatic rings. The van der Waals surface area contributed by atoms with Crippen LogP contribution in [0, 0.1) is 33.8 Å². The third-order valence-corrected chi connectivity index (χ3v) is 5.92. The summed E-state index contributed by atoms with van der Waals surface area (Å²) in [4.78, 5) is 50.0. The number of anilines is 1. The number of hydrogen-bond donors (Lipinski definition) is 1. The van der Waals surface area contributed by atoms with Crippen LogP contribution in [0.15, 0.2) is 36.4 Å². The minimum atomic E-state index is -1.03. The molecule has 8 heteroatoms. The maximum atomic E-state index is 12.9. The maximum absolute atomic E-state index is 12.9. The fourth-order valence-corrected chi connectivity index (χ4v) is 4.57. The van der Waals surface area contributed by atoms with Gasteiger partial charge in [-0.25, -0.2) is 0 Å². The molecule has 140 valence electrons. The van der Waals surface area contributed by atoms with Gasteiger partial charge in [-0.2, -0.15) is 0 Å². The van der Waals surface area contributed by atoms with E-state index in [1.54, 1.807) is 6.07 Å². The highest BCUT2D eigenvalue weighted by Gasteiger charge is 2.58. The lowest BCUT2D eigenvalue weighted by Crippen LogP contribution is -2.46. The van der Waals surface area contributed by atoms with Crippen molar-refractivity contribution < 1.29 is 19.3 Å². The van der Waals surface area contributed by atoms with Crippen LogP contribution in [0.3, 0.4) is 0 Å². The Bertz CT molecular complexity index is 848. The van der Waals surface area contributed by atoms with E-state index in [0.29, 0.717) is 0 Å². The highest BCUT2D eigenvalue weighted by molar-refractivity contribution is 6.10. The molecule has 0 radical (unpaired) electrons. The third kappa shape index (κ3) is 2.63. The van der Waals surface area contributed by atoms with Crippen molar-refractivity contribution in [2.75, 3.05) is 5.32 Å². The topological polar surface area (TPSA) is 110 Å². The molecule has 8 nitrogen and oxygen atoms in total. The molecule has 1 saturated heterocycles. The number of hydrogen-bond acceptors (Lipinski definition) is 5. The Morgan fingerprint density at radius 2 is 1.70 bits per heavy atom. The maximum Gasteiger partial charge on any atom is 0.292 e. The Morgan fingerprint density at radius 3 is 2.22 bits per heavy atom. The number of carbonyl (C=O) groups excluding carboxylic acids is 3. The highest BCUT2D eigenvalue weighted by atomic mass is 16.6. The van der Waals surface area contributed by atoms with Gasteiger partial charge in [0.1, 0.15) is 11.7 Å². The van der Waals surface area contributed by atoms with E-state index >= 15 is 0 Å². The number of nitrogens with one attached hydrogen (secondary N) is 1. The predicted octanol–water partition coefficient (Wildman–Crippen LogP) is 2.12. The number of imide groups is 1. The van der Waals surface area contributed by atoms with Gasteiger partial charge in [-0.1, -0.05) is 24.3 Å². The Morgan fingerprint density at radius 1 is 1.15 bits per heavy atom. The largest absolute Gasteiger partial charge is 0.319 e. The summed E-state index contributed by atoms with van der Waals surface area (Å²) in [6.45, 7) is 1.48. The zero-order valence-electron chi connectivity index (χ0n) is 14.7. The zero-order chi connectivity index (χ0) is 19.3. The number of benzene rings is 1. The van der Waals surface area contributed by atoms with Gasteiger partial charge in [0, 0.05) is 6.07 Å². The van der Waals surface area contributed by atoms with Gasteiger partial charge in [-0.05, 0) is 37.7 Å². The van der Waals surface area contributed by atoms with E-state index in [9.17, 15) is 24.5 Å². The molecule has 2 fully saturated rings. The summed E-state index contributed by atoms with van der Waals surface area (Å²) in [5.41, 5.74) is -0.203. The number of amides is 3. The Kier molecular flexibility index (Phi) is 4.05. The van der Waals surface area contributed by atoms with Crippen molar-refractivity contribution in [3.8, 4) is 0 Å². The first kappa shape index (κ1) is 17.4. The average molecular weight is 369 g/mol. The fraction of sp³-hybridized carbons (Fsp3) is 0.421. The lowest BCUT2D eigenvalue weighted by molar-refractivity contribution is -0.383. The number of likely N-dealkylation sites (tertiary alicyclic amines) is 1. The van der Waals surface area contributed by atoms with Gasteiger partial charge in [-0.15, -0.1) is 0 Å². The molecule has 1 N–H and O–H groups in total. The monoisotopic (exact) mass is 369 g/mol. The minimum absolute atomic E-state index is 0.0394. The summed E-state index contributed by atoms with van der Waals surface area (Å²) in [7, 11) is 0. The first-order chi connectivity index (χ1) is 12.9. The molecule has 3 amide bonds. The molecule has 5 atom stereocenters. The molecule has 27 heavy (non-hydrogen) atoms. The second kappa shape index (κ2) is 6.29. The van der Waals surface area contributed by atoms with Gasteiger partial charge < -0.3 is 5.32 Å². The van der Waals surface area contributed by atoms with Crippen LogP contribution in [-0.4, -0.2) is 33.6 Å². The first-order valence-electron chi connectivity index (χ1n) is 8.99. The summed E-state index contributed by atoms with van der Waals surface area (Å²) in [5.74, 6) is -1.92. The van der Waals surface area contributed by atoms with Crippen molar-refractivity contribution >= 4 is 29.1 Å². The zero-order valence-corrected chi connectivity index (χ0v) is 14.7. The summed E-state index contributed by atoms with van der Waals surface area (Å²) in [6, 6.07) is 4.73. The molecule has 1 heterocycles.